The molecule has 1 aliphatic heterocycles. The van der Waals surface area contributed by atoms with Crippen LogP contribution in [0.1, 0.15) is 24.8 Å². The third kappa shape index (κ3) is 4.49. The number of nitrogens with zero attached hydrogens (tertiary/aromatic N) is 2. The summed E-state index contributed by atoms with van der Waals surface area (Å²) in [5, 5.41) is 6.49. The number of halogens is 1. The van der Waals surface area contributed by atoms with Crippen LogP contribution >= 0.6 is 24.0 Å². The van der Waals surface area contributed by atoms with Crippen LogP contribution in [0.3, 0.4) is 0 Å². The Kier molecular flexibility index (Phi) is 7.08. The van der Waals surface area contributed by atoms with Crippen molar-refractivity contribution >= 4 is 41.5 Å². The fourth-order valence-corrected chi connectivity index (χ4v) is 3.17. The zero-order chi connectivity index (χ0) is 16.1. The Bertz CT molecular complexity index is 621. The van der Waals surface area contributed by atoms with Gasteiger partial charge in [-0.1, -0.05) is 30.4 Å². The molecule has 2 N–H and O–H groups in total. The van der Waals surface area contributed by atoms with Gasteiger partial charge in [0, 0.05) is 25.3 Å². The zero-order valence-corrected chi connectivity index (χ0v) is 16.3. The number of fused-ring (bicyclic) bond motifs is 1. The lowest BCUT2D eigenvalue weighted by Crippen LogP contribution is -2.48. The average Bonchev–Trinajstić information content (AvgIpc) is 3.10. The Hall–Kier alpha value is -1.57. The third-order valence-electron chi connectivity index (χ3n) is 4.39. The van der Waals surface area contributed by atoms with E-state index in [1.54, 1.807) is 7.05 Å². The number of hydrogen-bond acceptors (Lipinski definition) is 2. The highest BCUT2D eigenvalue weighted by atomic mass is 127. The summed E-state index contributed by atoms with van der Waals surface area (Å²) >= 11 is 0. The first-order chi connectivity index (χ1) is 11.3. The predicted molar refractivity (Wildman–Crippen MR) is 109 cm³/mol. The van der Waals surface area contributed by atoms with Crippen molar-refractivity contribution in [2.75, 3.05) is 25.0 Å². The van der Waals surface area contributed by atoms with Crippen LogP contribution in [0.15, 0.2) is 41.4 Å². The van der Waals surface area contributed by atoms with Crippen LogP contribution in [0.2, 0.25) is 0 Å². The molecular formula is C18H25IN4O. The maximum atomic E-state index is 12.6. The number of nitrogens with one attached hydrogen (secondary N) is 2. The van der Waals surface area contributed by atoms with Gasteiger partial charge in [-0.3, -0.25) is 9.79 Å². The Morgan fingerprint density at radius 2 is 2.04 bits per heavy atom. The minimum atomic E-state index is 0. The number of para-hydroxylation sites is 1. The third-order valence-corrected chi connectivity index (χ3v) is 4.39. The number of carbonyl (C=O) groups excluding carboxylic acids is 1. The molecule has 0 saturated carbocycles. The number of carbonyl (C=O) groups is 1. The van der Waals surface area contributed by atoms with E-state index in [0.717, 1.165) is 37.9 Å². The number of guanidine groups is 1. The second-order valence-corrected chi connectivity index (χ2v) is 5.99. The van der Waals surface area contributed by atoms with E-state index < -0.39 is 0 Å². The summed E-state index contributed by atoms with van der Waals surface area (Å²) in [5.41, 5.74) is 2.31. The molecule has 1 amide bonds. The Labute approximate surface area is 160 Å². The number of anilines is 1. The van der Waals surface area contributed by atoms with E-state index in [4.69, 9.17) is 0 Å². The van der Waals surface area contributed by atoms with Crippen molar-refractivity contribution in [2.24, 2.45) is 4.99 Å². The molecule has 0 bridgehead atoms. The number of rotatable bonds is 3. The number of aliphatic imine (C=N–C) groups is 1. The van der Waals surface area contributed by atoms with Gasteiger partial charge in [0.2, 0.25) is 5.91 Å². The molecule has 1 heterocycles. The van der Waals surface area contributed by atoms with Gasteiger partial charge in [0.1, 0.15) is 0 Å². The monoisotopic (exact) mass is 440 g/mol. The van der Waals surface area contributed by atoms with Crippen molar-refractivity contribution < 1.29 is 4.79 Å². The quantitative estimate of drug-likeness (QED) is 0.329. The highest BCUT2D eigenvalue weighted by Crippen LogP contribution is 2.26. The summed E-state index contributed by atoms with van der Waals surface area (Å²) in [5.74, 6) is 0.780. The Morgan fingerprint density at radius 3 is 2.79 bits per heavy atom. The second-order valence-electron chi connectivity index (χ2n) is 5.99. The molecular weight excluding hydrogens is 415 g/mol. The molecule has 0 saturated heterocycles. The summed E-state index contributed by atoms with van der Waals surface area (Å²) in [6.45, 7) is 1.05. The molecule has 1 aliphatic carbocycles. The van der Waals surface area contributed by atoms with Crippen LogP contribution in [0, 0.1) is 0 Å². The predicted octanol–water partition coefficient (Wildman–Crippen LogP) is 2.47. The number of hydrogen-bond donors (Lipinski definition) is 2. The molecule has 0 radical (unpaired) electrons. The lowest BCUT2D eigenvalue weighted by molar-refractivity contribution is -0.117. The van der Waals surface area contributed by atoms with Crippen molar-refractivity contribution in [3.63, 3.8) is 0 Å². The summed E-state index contributed by atoms with van der Waals surface area (Å²) in [6.07, 6.45) is 8.42. The largest absolute Gasteiger partial charge is 0.353 e. The summed E-state index contributed by atoms with van der Waals surface area (Å²) in [7, 11) is 1.73. The average molecular weight is 440 g/mol. The van der Waals surface area contributed by atoms with Gasteiger partial charge in [0.15, 0.2) is 5.96 Å². The van der Waals surface area contributed by atoms with E-state index in [9.17, 15) is 4.79 Å². The maximum absolute atomic E-state index is 12.6. The highest BCUT2D eigenvalue weighted by molar-refractivity contribution is 14.0. The fourth-order valence-electron chi connectivity index (χ4n) is 3.17. The molecule has 24 heavy (non-hydrogen) atoms. The second kappa shape index (κ2) is 9.05. The summed E-state index contributed by atoms with van der Waals surface area (Å²) in [4.78, 5) is 18.7. The minimum absolute atomic E-state index is 0. The van der Waals surface area contributed by atoms with Crippen LogP contribution in [-0.4, -0.2) is 38.0 Å². The molecule has 6 heteroatoms. The van der Waals surface area contributed by atoms with E-state index in [1.165, 1.54) is 5.56 Å². The van der Waals surface area contributed by atoms with E-state index in [0.29, 0.717) is 12.0 Å². The van der Waals surface area contributed by atoms with E-state index >= 15 is 0 Å². The molecule has 1 aromatic rings. The number of aryl methyl sites for hydroxylation is 1. The normalized spacial score (nSPS) is 17.2. The Balaban J connectivity index is 0.00000208. The number of amides is 1. The van der Waals surface area contributed by atoms with Gasteiger partial charge >= 0.3 is 0 Å². The van der Waals surface area contributed by atoms with Crippen LogP contribution in [0.25, 0.3) is 0 Å². The molecule has 0 unspecified atom stereocenters. The molecule has 2 aliphatic rings. The van der Waals surface area contributed by atoms with Crippen molar-refractivity contribution in [3.05, 3.63) is 42.0 Å². The van der Waals surface area contributed by atoms with Crippen LogP contribution in [0.5, 0.6) is 0 Å². The van der Waals surface area contributed by atoms with Gasteiger partial charge in [-0.2, -0.15) is 0 Å². The van der Waals surface area contributed by atoms with Crippen molar-refractivity contribution in [2.45, 2.75) is 31.7 Å². The van der Waals surface area contributed by atoms with Gasteiger partial charge in [-0.25, -0.2) is 0 Å². The van der Waals surface area contributed by atoms with Crippen LogP contribution in [0.4, 0.5) is 5.69 Å². The number of benzene rings is 1. The molecule has 0 atom stereocenters. The van der Waals surface area contributed by atoms with Gasteiger partial charge in [-0.15, -0.1) is 24.0 Å². The molecule has 5 nitrogen and oxygen atoms in total. The lowest BCUT2D eigenvalue weighted by Gasteiger charge is -2.29. The van der Waals surface area contributed by atoms with Crippen molar-refractivity contribution in [1.82, 2.24) is 10.6 Å². The van der Waals surface area contributed by atoms with E-state index in [-0.39, 0.29) is 36.4 Å². The van der Waals surface area contributed by atoms with Crippen molar-refractivity contribution in [3.8, 4) is 0 Å². The van der Waals surface area contributed by atoms with Crippen LogP contribution in [-0.2, 0) is 11.2 Å². The maximum Gasteiger partial charge on any atom is 0.246 e. The SMILES string of the molecule is CN=C(NCC(=O)N1CCCc2ccccc21)NC1CC=CC1.I. The highest BCUT2D eigenvalue weighted by Gasteiger charge is 2.22. The first-order valence-corrected chi connectivity index (χ1v) is 8.28. The molecule has 3 rings (SSSR count). The molecule has 1 aromatic carbocycles. The molecule has 0 aromatic heterocycles. The standard InChI is InChI=1S/C18H24N4O.HI/c1-19-18(21-15-9-3-4-10-15)20-13-17(23)22-12-6-8-14-7-2-5-11-16(14)22;/h2-5,7,11,15H,6,8-10,12-13H2,1H3,(H2,19,20,21);1H. The van der Waals surface area contributed by atoms with E-state index in [2.05, 4.69) is 33.8 Å². The van der Waals surface area contributed by atoms with Gasteiger partial charge in [-0.05, 0) is 37.3 Å². The smallest absolute Gasteiger partial charge is 0.246 e. The summed E-state index contributed by atoms with van der Waals surface area (Å²) < 4.78 is 0. The van der Waals surface area contributed by atoms with Gasteiger partial charge < -0.3 is 15.5 Å². The Morgan fingerprint density at radius 1 is 1.29 bits per heavy atom. The van der Waals surface area contributed by atoms with E-state index in [1.807, 2.05) is 23.1 Å². The fraction of sp³-hybridized carbons (Fsp3) is 0.444. The topological polar surface area (TPSA) is 56.7 Å². The lowest BCUT2D eigenvalue weighted by atomic mass is 10.0. The molecule has 0 fully saturated rings. The van der Waals surface area contributed by atoms with Crippen molar-refractivity contribution in [1.29, 1.82) is 0 Å². The van der Waals surface area contributed by atoms with Gasteiger partial charge in [0.25, 0.3) is 0 Å². The first kappa shape index (κ1) is 18.8. The first-order valence-electron chi connectivity index (χ1n) is 8.28. The molecule has 130 valence electrons. The minimum Gasteiger partial charge on any atom is -0.353 e. The zero-order valence-electron chi connectivity index (χ0n) is 14.0. The van der Waals surface area contributed by atoms with Gasteiger partial charge in [0.05, 0.1) is 6.54 Å². The van der Waals surface area contributed by atoms with Crippen LogP contribution < -0.4 is 15.5 Å². The summed E-state index contributed by atoms with van der Waals surface area (Å²) in [6, 6.07) is 8.55. The molecule has 0 spiro atoms.